The highest BCUT2D eigenvalue weighted by Crippen LogP contribution is 2.25. The standard InChI is InChI=1S/C34H28FN3O3/c1-22(39)6-2-5-9-33-36-32-20-26(12-17-30(32)34(40)38(33)28-15-13-27(35)14-16-28)31-21-29(41-37-31)19-23-10-11-24-7-3-4-8-25(24)18-23/h3-4,7-8,10-18,20-21H,2,5-6,9,19H2,1H3. The number of carbonyl (C=O) groups is 1. The maximum absolute atomic E-state index is 13.7. The lowest BCUT2D eigenvalue weighted by atomic mass is 10.0. The minimum Gasteiger partial charge on any atom is -0.360 e. The molecule has 0 spiro atoms. The Labute approximate surface area is 236 Å². The first-order valence-corrected chi connectivity index (χ1v) is 13.7. The summed E-state index contributed by atoms with van der Waals surface area (Å²) in [7, 11) is 0. The lowest BCUT2D eigenvalue weighted by Crippen LogP contribution is -2.24. The molecule has 0 atom stereocenters. The number of hydrogen-bond acceptors (Lipinski definition) is 5. The van der Waals surface area contributed by atoms with Crippen molar-refractivity contribution in [3.05, 3.63) is 124 Å². The van der Waals surface area contributed by atoms with Gasteiger partial charge in [-0.1, -0.05) is 53.7 Å². The predicted molar refractivity (Wildman–Crippen MR) is 158 cm³/mol. The van der Waals surface area contributed by atoms with Crippen molar-refractivity contribution in [2.75, 3.05) is 0 Å². The molecular formula is C34H28FN3O3. The van der Waals surface area contributed by atoms with Crippen molar-refractivity contribution in [3.63, 3.8) is 0 Å². The van der Waals surface area contributed by atoms with E-state index in [1.165, 1.54) is 27.5 Å². The topological polar surface area (TPSA) is 78.0 Å². The summed E-state index contributed by atoms with van der Waals surface area (Å²) in [5, 5.41) is 7.11. The van der Waals surface area contributed by atoms with Crippen LogP contribution in [0.5, 0.6) is 0 Å². The number of ketones is 1. The first-order chi connectivity index (χ1) is 19.9. The smallest absolute Gasteiger partial charge is 0.265 e. The normalized spacial score (nSPS) is 11.4. The number of nitrogens with zero attached hydrogens (tertiary/aromatic N) is 3. The van der Waals surface area contributed by atoms with Gasteiger partial charge in [0.15, 0.2) is 0 Å². The van der Waals surface area contributed by atoms with Crippen molar-refractivity contribution in [2.24, 2.45) is 0 Å². The van der Waals surface area contributed by atoms with Crippen molar-refractivity contribution >= 4 is 27.5 Å². The molecule has 0 aliphatic heterocycles. The second-order valence-corrected chi connectivity index (χ2v) is 10.3. The number of carbonyl (C=O) groups excluding carboxylic acids is 1. The third kappa shape index (κ3) is 5.70. The van der Waals surface area contributed by atoms with Crippen LogP contribution in [0.4, 0.5) is 4.39 Å². The number of aromatic nitrogens is 3. The van der Waals surface area contributed by atoms with Crippen LogP contribution >= 0.6 is 0 Å². The molecule has 2 heterocycles. The molecule has 6 aromatic rings. The molecule has 6 nitrogen and oxygen atoms in total. The highest BCUT2D eigenvalue weighted by atomic mass is 19.1. The van der Waals surface area contributed by atoms with Crippen molar-refractivity contribution in [1.29, 1.82) is 0 Å². The van der Waals surface area contributed by atoms with Crippen LogP contribution in [0, 0.1) is 5.82 Å². The van der Waals surface area contributed by atoms with Gasteiger partial charge in [0, 0.05) is 30.9 Å². The molecule has 0 N–H and O–H groups in total. The Morgan fingerprint density at radius 1 is 0.902 bits per heavy atom. The van der Waals surface area contributed by atoms with Crippen LogP contribution in [0.1, 0.15) is 43.3 Å². The van der Waals surface area contributed by atoms with Crippen LogP contribution in [0.25, 0.3) is 38.6 Å². The Bertz CT molecular complexity index is 1940. The minimum atomic E-state index is -0.379. The van der Waals surface area contributed by atoms with Crippen LogP contribution < -0.4 is 5.56 Å². The molecule has 0 amide bonds. The molecule has 6 rings (SSSR count). The largest absolute Gasteiger partial charge is 0.360 e. The van der Waals surface area contributed by atoms with Crippen LogP contribution in [0.2, 0.25) is 0 Å². The molecule has 0 radical (unpaired) electrons. The van der Waals surface area contributed by atoms with E-state index >= 15 is 0 Å². The van der Waals surface area contributed by atoms with E-state index in [1.54, 1.807) is 25.1 Å². The maximum Gasteiger partial charge on any atom is 0.265 e. The van der Waals surface area contributed by atoms with Gasteiger partial charge in [-0.15, -0.1) is 0 Å². The Hall–Kier alpha value is -4.91. The lowest BCUT2D eigenvalue weighted by Gasteiger charge is -2.14. The summed E-state index contributed by atoms with van der Waals surface area (Å²) in [5.41, 5.74) is 3.45. The maximum atomic E-state index is 13.7. The fraction of sp³-hybridized carbons (Fsp3) is 0.176. The van der Waals surface area contributed by atoms with Crippen LogP contribution in [0.15, 0.2) is 100 Å². The van der Waals surface area contributed by atoms with Crippen molar-refractivity contribution in [1.82, 2.24) is 14.7 Å². The summed E-state index contributed by atoms with van der Waals surface area (Å²) in [4.78, 5) is 29.9. The van der Waals surface area contributed by atoms with Gasteiger partial charge in [0.1, 0.15) is 28.9 Å². The zero-order chi connectivity index (χ0) is 28.3. The summed E-state index contributed by atoms with van der Waals surface area (Å²) in [6, 6.07) is 27.7. The number of benzene rings is 4. The van der Waals surface area contributed by atoms with Gasteiger partial charge in [-0.25, -0.2) is 9.37 Å². The number of Topliss-reactive ketones (excluding diaryl/α,β-unsaturated/α-hetero) is 1. The molecule has 0 aliphatic carbocycles. The zero-order valence-corrected chi connectivity index (χ0v) is 22.6. The molecular weight excluding hydrogens is 517 g/mol. The molecule has 0 aliphatic rings. The fourth-order valence-electron chi connectivity index (χ4n) is 5.15. The summed E-state index contributed by atoms with van der Waals surface area (Å²) in [6.07, 6.45) is 2.98. The SMILES string of the molecule is CC(=O)CCCCc1nc2cc(-c3cc(Cc4ccc5ccccc5c4)on3)ccc2c(=O)n1-c1ccc(F)cc1. The molecule has 0 saturated heterocycles. The first-order valence-electron chi connectivity index (χ1n) is 13.7. The summed E-state index contributed by atoms with van der Waals surface area (Å²) < 4.78 is 20.8. The molecule has 0 bridgehead atoms. The Morgan fingerprint density at radius 3 is 2.51 bits per heavy atom. The quantitative estimate of drug-likeness (QED) is 0.179. The van der Waals surface area contributed by atoms with Gasteiger partial charge in [0.05, 0.1) is 16.6 Å². The van der Waals surface area contributed by atoms with Crippen LogP contribution in [0.3, 0.4) is 0 Å². The number of hydrogen-bond donors (Lipinski definition) is 0. The van der Waals surface area contributed by atoms with Crippen molar-refractivity contribution in [2.45, 2.75) is 39.0 Å². The summed E-state index contributed by atoms with van der Waals surface area (Å²) >= 11 is 0. The summed E-state index contributed by atoms with van der Waals surface area (Å²) in [5.74, 6) is 1.05. The molecule has 204 valence electrons. The van der Waals surface area contributed by atoms with E-state index in [-0.39, 0.29) is 17.2 Å². The van der Waals surface area contributed by atoms with Crippen LogP contribution in [-0.2, 0) is 17.6 Å². The molecule has 7 heteroatoms. The molecule has 0 unspecified atom stereocenters. The van der Waals surface area contributed by atoms with Crippen molar-refractivity contribution in [3.8, 4) is 16.9 Å². The van der Waals surface area contributed by atoms with Gasteiger partial charge in [0.2, 0.25) is 0 Å². The van der Waals surface area contributed by atoms with Gasteiger partial charge in [0.25, 0.3) is 5.56 Å². The third-order valence-corrected chi connectivity index (χ3v) is 7.25. The molecule has 41 heavy (non-hydrogen) atoms. The van der Waals surface area contributed by atoms with E-state index in [2.05, 4.69) is 35.5 Å². The molecule has 4 aromatic carbocycles. The average molecular weight is 546 g/mol. The first kappa shape index (κ1) is 26.3. The van der Waals surface area contributed by atoms with E-state index in [0.29, 0.717) is 60.2 Å². The predicted octanol–water partition coefficient (Wildman–Crippen LogP) is 7.23. The highest BCUT2D eigenvalue weighted by Gasteiger charge is 2.15. The van der Waals surface area contributed by atoms with Crippen molar-refractivity contribution < 1.29 is 13.7 Å². The molecule has 0 fully saturated rings. The van der Waals surface area contributed by atoms with E-state index in [9.17, 15) is 14.0 Å². The zero-order valence-electron chi connectivity index (χ0n) is 22.6. The Morgan fingerprint density at radius 2 is 1.71 bits per heavy atom. The Kier molecular flexibility index (Phi) is 7.25. The van der Waals surface area contributed by atoms with E-state index in [0.717, 1.165) is 16.9 Å². The Balaban J connectivity index is 1.33. The monoisotopic (exact) mass is 545 g/mol. The van der Waals surface area contributed by atoms with Gasteiger partial charge in [-0.3, -0.25) is 9.36 Å². The van der Waals surface area contributed by atoms with Gasteiger partial charge in [-0.2, -0.15) is 0 Å². The number of halogens is 1. The van der Waals surface area contributed by atoms with E-state index in [1.807, 2.05) is 30.3 Å². The average Bonchev–Trinajstić information content (AvgIpc) is 3.44. The highest BCUT2D eigenvalue weighted by molar-refractivity contribution is 5.84. The molecule has 0 saturated carbocycles. The third-order valence-electron chi connectivity index (χ3n) is 7.25. The summed E-state index contributed by atoms with van der Waals surface area (Å²) in [6.45, 7) is 1.57. The molecule has 2 aromatic heterocycles. The van der Waals surface area contributed by atoms with Gasteiger partial charge in [-0.05, 0) is 72.5 Å². The number of fused-ring (bicyclic) bond motifs is 2. The van der Waals surface area contributed by atoms with Crippen LogP contribution in [-0.4, -0.2) is 20.5 Å². The lowest BCUT2D eigenvalue weighted by molar-refractivity contribution is -0.117. The second kappa shape index (κ2) is 11.3. The van der Waals surface area contributed by atoms with Gasteiger partial charge < -0.3 is 9.32 Å². The van der Waals surface area contributed by atoms with E-state index in [4.69, 9.17) is 9.51 Å². The second-order valence-electron chi connectivity index (χ2n) is 10.3. The fourth-order valence-corrected chi connectivity index (χ4v) is 5.15. The number of rotatable bonds is 9. The minimum absolute atomic E-state index is 0.129. The van der Waals surface area contributed by atoms with E-state index < -0.39 is 0 Å². The van der Waals surface area contributed by atoms with Gasteiger partial charge >= 0.3 is 0 Å². The number of aryl methyl sites for hydroxylation is 1. The number of unbranched alkanes of at least 4 members (excludes halogenated alkanes) is 1.